The summed E-state index contributed by atoms with van der Waals surface area (Å²) < 4.78 is 7.99. The summed E-state index contributed by atoms with van der Waals surface area (Å²) in [5, 5.41) is 7.06. The van der Waals surface area contributed by atoms with Crippen molar-refractivity contribution in [1.29, 1.82) is 0 Å². The summed E-state index contributed by atoms with van der Waals surface area (Å²) >= 11 is 1.48. The lowest BCUT2D eigenvalue weighted by atomic mass is 10.2. The highest BCUT2D eigenvalue weighted by Gasteiger charge is 2.27. The number of aromatic nitrogens is 4. The van der Waals surface area contributed by atoms with Crippen LogP contribution in [0.4, 0.5) is 0 Å². The minimum absolute atomic E-state index is 0.0704. The van der Waals surface area contributed by atoms with Gasteiger partial charge in [0.05, 0.1) is 36.5 Å². The normalized spacial score (nSPS) is 17.0. The number of carbonyl (C=O) groups excluding carboxylic acids is 1. The van der Waals surface area contributed by atoms with E-state index in [0.29, 0.717) is 31.9 Å². The molecule has 0 saturated carbocycles. The van der Waals surface area contributed by atoms with E-state index in [1.165, 1.54) is 11.3 Å². The lowest BCUT2D eigenvalue weighted by molar-refractivity contribution is 0.00893. The molecular formula is C18H19N5O2S. The minimum atomic E-state index is -0.153. The Hall–Kier alpha value is -2.58. The van der Waals surface area contributed by atoms with Crippen LogP contribution in [0.3, 0.4) is 0 Å². The van der Waals surface area contributed by atoms with Crippen LogP contribution in [0.5, 0.6) is 0 Å². The van der Waals surface area contributed by atoms with Gasteiger partial charge in [0, 0.05) is 30.5 Å². The van der Waals surface area contributed by atoms with Gasteiger partial charge in [-0.2, -0.15) is 5.10 Å². The average Bonchev–Trinajstić information content (AvgIpc) is 3.24. The Labute approximate surface area is 155 Å². The topological polar surface area (TPSA) is 73.1 Å². The van der Waals surface area contributed by atoms with E-state index in [1.54, 1.807) is 23.5 Å². The van der Waals surface area contributed by atoms with E-state index in [9.17, 15) is 4.79 Å². The van der Waals surface area contributed by atoms with Gasteiger partial charge in [0.15, 0.2) is 0 Å². The molecule has 0 bridgehead atoms. The number of amides is 1. The van der Waals surface area contributed by atoms with Crippen molar-refractivity contribution >= 4 is 17.2 Å². The summed E-state index contributed by atoms with van der Waals surface area (Å²) in [6.45, 7) is 3.97. The number of pyridine rings is 1. The maximum absolute atomic E-state index is 12.9. The molecule has 0 N–H and O–H groups in total. The van der Waals surface area contributed by atoms with Gasteiger partial charge in [0.25, 0.3) is 5.91 Å². The molecule has 1 aliphatic rings. The van der Waals surface area contributed by atoms with Gasteiger partial charge in [-0.15, -0.1) is 11.3 Å². The smallest absolute Gasteiger partial charge is 0.273 e. The molecular weight excluding hydrogens is 350 g/mol. The molecule has 134 valence electrons. The second-order valence-electron chi connectivity index (χ2n) is 6.24. The second-order valence-corrected chi connectivity index (χ2v) is 7.30. The second kappa shape index (κ2) is 7.35. The Morgan fingerprint density at radius 2 is 2.27 bits per heavy atom. The van der Waals surface area contributed by atoms with Crippen LogP contribution >= 0.6 is 11.3 Å². The minimum Gasteiger partial charge on any atom is -0.370 e. The molecule has 1 amide bonds. The zero-order chi connectivity index (χ0) is 17.9. The number of ether oxygens (including phenoxy) is 1. The first-order chi connectivity index (χ1) is 12.7. The van der Waals surface area contributed by atoms with Crippen molar-refractivity contribution in [3.8, 4) is 0 Å². The van der Waals surface area contributed by atoms with Crippen molar-refractivity contribution in [3.63, 3.8) is 0 Å². The molecule has 0 aromatic carbocycles. The Bertz CT molecular complexity index is 892. The third-order valence-corrected chi connectivity index (χ3v) is 5.07. The van der Waals surface area contributed by atoms with Crippen LogP contribution in [0.15, 0.2) is 42.2 Å². The maximum atomic E-state index is 12.9. The summed E-state index contributed by atoms with van der Waals surface area (Å²) in [5.74, 6) is -0.0704. The molecule has 1 atom stereocenters. The molecule has 0 fully saturated rings. The summed E-state index contributed by atoms with van der Waals surface area (Å²) in [7, 11) is 0. The van der Waals surface area contributed by atoms with Crippen molar-refractivity contribution in [2.75, 3.05) is 6.54 Å². The van der Waals surface area contributed by atoms with E-state index < -0.39 is 0 Å². The molecule has 0 radical (unpaired) electrons. The van der Waals surface area contributed by atoms with Gasteiger partial charge >= 0.3 is 0 Å². The Morgan fingerprint density at radius 3 is 3.04 bits per heavy atom. The van der Waals surface area contributed by atoms with Crippen LogP contribution in [0.1, 0.15) is 26.8 Å². The van der Waals surface area contributed by atoms with Crippen molar-refractivity contribution in [1.82, 2.24) is 24.6 Å². The number of nitrogens with zero attached hydrogens (tertiary/aromatic N) is 5. The zero-order valence-corrected chi connectivity index (χ0v) is 15.2. The van der Waals surface area contributed by atoms with Crippen LogP contribution in [-0.2, 0) is 24.4 Å². The summed E-state index contributed by atoms with van der Waals surface area (Å²) in [6, 6.07) is 5.80. The maximum Gasteiger partial charge on any atom is 0.273 e. The predicted octanol–water partition coefficient (Wildman–Crippen LogP) is 2.28. The predicted molar refractivity (Wildman–Crippen MR) is 96.6 cm³/mol. The lowest BCUT2D eigenvalue weighted by Crippen LogP contribution is -2.37. The number of hydrogen-bond acceptors (Lipinski definition) is 6. The number of thiazole rings is 1. The number of rotatable bonds is 4. The molecule has 7 nitrogen and oxygen atoms in total. The Balaban J connectivity index is 1.52. The van der Waals surface area contributed by atoms with E-state index >= 15 is 0 Å². The molecule has 0 aliphatic carbocycles. The fraction of sp³-hybridized carbons (Fsp3) is 0.333. The molecule has 3 aromatic heterocycles. The summed E-state index contributed by atoms with van der Waals surface area (Å²) in [5.41, 5.74) is 2.50. The van der Waals surface area contributed by atoms with E-state index in [0.717, 1.165) is 16.3 Å². The van der Waals surface area contributed by atoms with Gasteiger partial charge in [-0.3, -0.25) is 14.5 Å². The van der Waals surface area contributed by atoms with E-state index in [1.807, 2.05) is 35.2 Å². The molecule has 4 heterocycles. The van der Waals surface area contributed by atoms with Crippen LogP contribution < -0.4 is 0 Å². The highest BCUT2D eigenvalue weighted by atomic mass is 32.1. The van der Waals surface area contributed by atoms with Crippen molar-refractivity contribution in [3.05, 3.63) is 64.1 Å². The van der Waals surface area contributed by atoms with Gasteiger partial charge in [-0.05, 0) is 24.6 Å². The summed E-state index contributed by atoms with van der Waals surface area (Å²) in [6.07, 6.45) is 5.13. The number of carbonyl (C=O) groups is 1. The fourth-order valence-corrected chi connectivity index (χ4v) is 3.58. The van der Waals surface area contributed by atoms with Gasteiger partial charge in [-0.1, -0.05) is 6.07 Å². The van der Waals surface area contributed by atoms with E-state index in [-0.39, 0.29) is 12.0 Å². The van der Waals surface area contributed by atoms with Crippen LogP contribution in [0.2, 0.25) is 0 Å². The van der Waals surface area contributed by atoms with Gasteiger partial charge in [0.1, 0.15) is 5.69 Å². The van der Waals surface area contributed by atoms with Crippen LogP contribution in [0.25, 0.3) is 0 Å². The number of fused-ring (bicyclic) bond motifs is 1. The van der Waals surface area contributed by atoms with Crippen molar-refractivity contribution in [2.45, 2.75) is 32.7 Å². The van der Waals surface area contributed by atoms with Crippen molar-refractivity contribution < 1.29 is 9.53 Å². The Morgan fingerprint density at radius 1 is 1.35 bits per heavy atom. The average molecular weight is 369 g/mol. The third-order valence-electron chi connectivity index (χ3n) is 4.29. The van der Waals surface area contributed by atoms with E-state index in [2.05, 4.69) is 15.1 Å². The first-order valence-electron chi connectivity index (χ1n) is 8.41. The van der Waals surface area contributed by atoms with Crippen LogP contribution in [-0.4, -0.2) is 43.2 Å². The SMILES string of the molecule is Cc1nc(C(=O)N2Cc3ccnn3C[C@H](OCc3cccnc3)C2)cs1. The molecule has 0 saturated heterocycles. The molecule has 3 aromatic rings. The fourth-order valence-electron chi connectivity index (χ4n) is 3.00. The number of hydrogen-bond donors (Lipinski definition) is 0. The molecule has 0 unspecified atom stereocenters. The molecule has 4 rings (SSSR count). The molecule has 1 aliphatic heterocycles. The Kier molecular flexibility index (Phi) is 4.77. The first-order valence-corrected chi connectivity index (χ1v) is 9.29. The molecule has 8 heteroatoms. The number of aryl methyl sites for hydroxylation is 1. The van der Waals surface area contributed by atoms with Crippen LogP contribution in [0, 0.1) is 6.92 Å². The largest absolute Gasteiger partial charge is 0.370 e. The summed E-state index contributed by atoms with van der Waals surface area (Å²) in [4.78, 5) is 23.1. The van der Waals surface area contributed by atoms with Gasteiger partial charge < -0.3 is 9.64 Å². The standard InChI is InChI=1S/C18H19N5O2S/c1-13-21-17(12-26-13)18(24)22-8-15-4-6-20-23(15)10-16(9-22)25-11-14-3-2-5-19-7-14/h2-7,12,16H,8-11H2,1H3/t16-/m1/s1. The van der Waals surface area contributed by atoms with Gasteiger partial charge in [-0.25, -0.2) is 4.98 Å². The highest BCUT2D eigenvalue weighted by Crippen LogP contribution is 2.18. The third kappa shape index (κ3) is 3.66. The highest BCUT2D eigenvalue weighted by molar-refractivity contribution is 7.09. The quantitative estimate of drug-likeness (QED) is 0.705. The lowest BCUT2D eigenvalue weighted by Gasteiger charge is -2.23. The van der Waals surface area contributed by atoms with Crippen molar-refractivity contribution in [2.24, 2.45) is 0 Å². The monoisotopic (exact) mass is 369 g/mol. The molecule has 0 spiro atoms. The van der Waals surface area contributed by atoms with Gasteiger partial charge in [0.2, 0.25) is 0 Å². The first kappa shape index (κ1) is 16.9. The van der Waals surface area contributed by atoms with E-state index in [4.69, 9.17) is 4.74 Å². The zero-order valence-electron chi connectivity index (χ0n) is 14.4. The molecule has 26 heavy (non-hydrogen) atoms.